The molecule has 4 aromatic rings. The van der Waals surface area contributed by atoms with E-state index in [-0.39, 0.29) is 5.41 Å². The summed E-state index contributed by atoms with van der Waals surface area (Å²) in [5, 5.41) is 5.92. The molecule has 4 rings (SSSR count). The van der Waals surface area contributed by atoms with Gasteiger partial charge in [0.15, 0.2) is 5.13 Å². The number of primary amides is 1. The Morgan fingerprint density at radius 1 is 1.19 bits per heavy atom. The fourth-order valence-corrected chi connectivity index (χ4v) is 4.43. The first kappa shape index (κ1) is 20.7. The lowest BCUT2D eigenvalue weighted by molar-refractivity contribution is 0.248. The third kappa shape index (κ3) is 3.94. The fraction of sp³-hybridized carbons (Fsp3) is 0.217. The van der Waals surface area contributed by atoms with Gasteiger partial charge in [0.25, 0.3) is 0 Å². The van der Waals surface area contributed by atoms with Crippen LogP contribution in [0.5, 0.6) is 0 Å². The van der Waals surface area contributed by atoms with Crippen molar-refractivity contribution in [3.05, 3.63) is 59.2 Å². The maximum absolute atomic E-state index is 12.2. The lowest BCUT2D eigenvalue weighted by Crippen LogP contribution is -2.20. The van der Waals surface area contributed by atoms with Crippen molar-refractivity contribution in [2.75, 3.05) is 5.73 Å². The highest BCUT2D eigenvalue weighted by Crippen LogP contribution is 2.39. The molecule has 0 atom stereocenters. The summed E-state index contributed by atoms with van der Waals surface area (Å²) in [6.07, 6.45) is 5.48. The molecule has 0 fully saturated rings. The van der Waals surface area contributed by atoms with Crippen LogP contribution in [0.4, 0.5) is 9.93 Å². The predicted octanol–water partition coefficient (Wildman–Crippen LogP) is 4.84. The van der Waals surface area contributed by atoms with Crippen molar-refractivity contribution in [1.29, 1.82) is 0 Å². The number of amides is 1. The van der Waals surface area contributed by atoms with Crippen LogP contribution in [-0.2, 0) is 5.41 Å². The number of nitrogen functional groups attached to an aromatic ring is 1. The quantitative estimate of drug-likeness (QED) is 0.481. The molecule has 0 aliphatic heterocycles. The molecule has 0 spiro atoms. The number of carbonyl (C=O) groups excluding carboxylic acids is 1. The molecule has 1 amide bonds. The van der Waals surface area contributed by atoms with Crippen molar-refractivity contribution in [2.24, 2.45) is 5.73 Å². The summed E-state index contributed by atoms with van der Waals surface area (Å²) in [6, 6.07) is 9.11. The summed E-state index contributed by atoms with van der Waals surface area (Å²) in [6.45, 7) is 8.32. The molecule has 0 saturated carbocycles. The highest BCUT2D eigenvalue weighted by molar-refractivity contribution is 7.18. The standard InChI is InChI=1S/C23H24N6OS/c1-13-20(31-21(24)27-13)14-11-16(23(2,3)4)19-17(9-8-15-7-5-6-10-26-15)28-29(22(25)30)18(19)12-14/h5-12H,1-4H3,(H2,24,27)(H2,25,30). The van der Waals surface area contributed by atoms with Crippen LogP contribution in [0, 0.1) is 6.92 Å². The van der Waals surface area contributed by atoms with E-state index in [2.05, 4.69) is 41.9 Å². The van der Waals surface area contributed by atoms with Crippen LogP contribution in [0.25, 0.3) is 33.5 Å². The lowest BCUT2D eigenvalue weighted by Gasteiger charge is -2.21. The van der Waals surface area contributed by atoms with Gasteiger partial charge < -0.3 is 11.5 Å². The molecule has 158 valence electrons. The van der Waals surface area contributed by atoms with E-state index in [4.69, 9.17) is 11.5 Å². The van der Waals surface area contributed by atoms with E-state index in [0.29, 0.717) is 16.3 Å². The smallest absolute Gasteiger partial charge is 0.340 e. The second-order valence-corrected chi connectivity index (χ2v) is 9.39. The molecule has 4 N–H and O–H groups in total. The molecule has 3 heterocycles. The highest BCUT2D eigenvalue weighted by atomic mass is 32.1. The van der Waals surface area contributed by atoms with Crippen LogP contribution < -0.4 is 11.5 Å². The van der Waals surface area contributed by atoms with Crippen molar-refractivity contribution in [3.8, 4) is 10.4 Å². The zero-order valence-electron chi connectivity index (χ0n) is 17.9. The Balaban J connectivity index is 2.01. The first-order chi connectivity index (χ1) is 14.6. The van der Waals surface area contributed by atoms with Gasteiger partial charge in [-0.05, 0) is 59.9 Å². The molecule has 0 saturated heterocycles. The van der Waals surface area contributed by atoms with E-state index >= 15 is 0 Å². The molecule has 0 unspecified atom stereocenters. The second kappa shape index (κ2) is 7.63. The van der Waals surface area contributed by atoms with Crippen molar-refractivity contribution in [1.82, 2.24) is 19.7 Å². The van der Waals surface area contributed by atoms with E-state index in [1.807, 2.05) is 43.3 Å². The Morgan fingerprint density at radius 2 is 1.97 bits per heavy atom. The van der Waals surface area contributed by atoms with Gasteiger partial charge in [-0.2, -0.15) is 9.78 Å². The van der Waals surface area contributed by atoms with Gasteiger partial charge >= 0.3 is 6.03 Å². The number of fused-ring (bicyclic) bond motifs is 1. The van der Waals surface area contributed by atoms with E-state index < -0.39 is 6.03 Å². The first-order valence-electron chi connectivity index (χ1n) is 9.84. The number of hydrogen-bond acceptors (Lipinski definition) is 6. The van der Waals surface area contributed by atoms with Crippen molar-refractivity contribution >= 4 is 45.6 Å². The summed E-state index contributed by atoms with van der Waals surface area (Å²) < 4.78 is 1.26. The third-order valence-corrected chi connectivity index (χ3v) is 6.04. The number of aryl methyl sites for hydroxylation is 1. The monoisotopic (exact) mass is 432 g/mol. The van der Waals surface area contributed by atoms with E-state index in [1.54, 1.807) is 6.20 Å². The number of nitrogens with zero attached hydrogens (tertiary/aromatic N) is 4. The number of thiazole rings is 1. The number of anilines is 1. The molecule has 31 heavy (non-hydrogen) atoms. The van der Waals surface area contributed by atoms with Gasteiger partial charge in [0.05, 0.1) is 27.5 Å². The SMILES string of the molecule is Cc1nc(N)sc1-c1cc(C(C)(C)C)c2c(C=Cc3ccccn3)nn(C(N)=O)c2c1. The largest absolute Gasteiger partial charge is 0.375 e. The maximum Gasteiger partial charge on any atom is 0.340 e. The van der Waals surface area contributed by atoms with Gasteiger partial charge in [-0.25, -0.2) is 9.78 Å². The number of pyridine rings is 1. The Bertz CT molecular complexity index is 1310. The summed E-state index contributed by atoms with van der Waals surface area (Å²) in [5.74, 6) is 0. The van der Waals surface area contributed by atoms with Crippen LogP contribution in [-0.4, -0.2) is 25.8 Å². The van der Waals surface area contributed by atoms with Gasteiger partial charge in [0, 0.05) is 11.6 Å². The molecular weight excluding hydrogens is 408 g/mol. The van der Waals surface area contributed by atoms with Crippen molar-refractivity contribution in [2.45, 2.75) is 33.1 Å². The fourth-order valence-electron chi connectivity index (χ4n) is 3.61. The average molecular weight is 433 g/mol. The van der Waals surface area contributed by atoms with E-state index in [9.17, 15) is 4.79 Å². The van der Waals surface area contributed by atoms with E-state index in [1.165, 1.54) is 16.0 Å². The minimum atomic E-state index is -0.639. The van der Waals surface area contributed by atoms with Crippen LogP contribution in [0.1, 0.15) is 43.4 Å². The number of benzene rings is 1. The topological polar surface area (TPSA) is 113 Å². The number of carbonyl (C=O) groups is 1. The summed E-state index contributed by atoms with van der Waals surface area (Å²) in [5.41, 5.74) is 16.4. The van der Waals surface area contributed by atoms with Gasteiger partial charge in [-0.15, -0.1) is 0 Å². The molecular formula is C23H24N6OS. The van der Waals surface area contributed by atoms with E-state index in [0.717, 1.165) is 32.8 Å². The molecule has 0 aliphatic rings. The minimum absolute atomic E-state index is 0.211. The Labute approximate surface area is 184 Å². The number of rotatable bonds is 3. The Morgan fingerprint density at radius 3 is 2.55 bits per heavy atom. The van der Waals surface area contributed by atoms with Gasteiger partial charge in [-0.1, -0.05) is 38.2 Å². The predicted molar refractivity (Wildman–Crippen MR) is 127 cm³/mol. The number of nitrogens with two attached hydrogens (primary N) is 2. The summed E-state index contributed by atoms with van der Waals surface area (Å²) >= 11 is 1.42. The van der Waals surface area contributed by atoms with Gasteiger partial charge in [-0.3, -0.25) is 4.98 Å². The van der Waals surface area contributed by atoms with Crippen molar-refractivity contribution < 1.29 is 4.79 Å². The van der Waals surface area contributed by atoms with Gasteiger partial charge in [0.1, 0.15) is 0 Å². The molecule has 3 aromatic heterocycles. The van der Waals surface area contributed by atoms with Crippen LogP contribution in [0.3, 0.4) is 0 Å². The zero-order chi connectivity index (χ0) is 22.3. The molecule has 8 heteroatoms. The van der Waals surface area contributed by atoms with Crippen LogP contribution >= 0.6 is 11.3 Å². The zero-order valence-corrected chi connectivity index (χ0v) is 18.7. The molecule has 7 nitrogen and oxygen atoms in total. The van der Waals surface area contributed by atoms with Crippen molar-refractivity contribution in [3.63, 3.8) is 0 Å². The molecule has 0 aliphatic carbocycles. The normalized spacial score (nSPS) is 12.1. The summed E-state index contributed by atoms with van der Waals surface area (Å²) in [4.78, 5) is 21.9. The molecule has 0 bridgehead atoms. The van der Waals surface area contributed by atoms with Gasteiger partial charge in [0.2, 0.25) is 0 Å². The summed E-state index contributed by atoms with van der Waals surface area (Å²) in [7, 11) is 0. The average Bonchev–Trinajstić information content (AvgIpc) is 3.25. The maximum atomic E-state index is 12.2. The third-order valence-electron chi connectivity index (χ3n) is 5.00. The molecule has 0 radical (unpaired) electrons. The van der Waals surface area contributed by atoms with Crippen LogP contribution in [0.2, 0.25) is 0 Å². The minimum Gasteiger partial charge on any atom is -0.375 e. The first-order valence-corrected chi connectivity index (χ1v) is 10.7. The van der Waals surface area contributed by atoms with Crippen LogP contribution in [0.15, 0.2) is 36.5 Å². The second-order valence-electron chi connectivity index (χ2n) is 8.36. The number of aromatic nitrogens is 4. The Hall–Kier alpha value is -3.52. The Kier molecular flexibility index (Phi) is 5.10. The highest BCUT2D eigenvalue weighted by Gasteiger charge is 2.25. The lowest BCUT2D eigenvalue weighted by atomic mass is 9.83. The number of hydrogen-bond donors (Lipinski definition) is 2. The molecule has 1 aromatic carbocycles.